The molecule has 2 bridgehead atoms. The Morgan fingerprint density at radius 3 is 2.44 bits per heavy atom. The number of hydrogen-bond donors (Lipinski definition) is 0. The summed E-state index contributed by atoms with van der Waals surface area (Å²) in [6.07, 6.45) is 7.90. The summed E-state index contributed by atoms with van der Waals surface area (Å²) >= 11 is 0. The average molecular weight is 343 g/mol. The van der Waals surface area contributed by atoms with Crippen molar-refractivity contribution in [3.05, 3.63) is 46.0 Å². The Balaban J connectivity index is 1.53. The summed E-state index contributed by atoms with van der Waals surface area (Å²) in [5, 5.41) is 10.7. The third-order valence-corrected chi connectivity index (χ3v) is 5.09. The highest BCUT2D eigenvalue weighted by atomic mass is 16.6. The predicted octanol–water partition coefficient (Wildman–Crippen LogP) is 3.08. The molecule has 25 heavy (non-hydrogen) atoms. The molecule has 0 spiro atoms. The predicted molar refractivity (Wildman–Crippen MR) is 97.1 cm³/mol. The van der Waals surface area contributed by atoms with Crippen LogP contribution in [0.4, 0.5) is 5.69 Å². The van der Waals surface area contributed by atoms with Gasteiger partial charge in [0.05, 0.1) is 4.92 Å². The van der Waals surface area contributed by atoms with Gasteiger partial charge in [-0.3, -0.25) is 19.8 Å². The third-order valence-electron chi connectivity index (χ3n) is 5.09. The minimum absolute atomic E-state index is 0.113. The number of nitrogens with zero attached hydrogens (tertiary/aromatic N) is 3. The zero-order valence-electron chi connectivity index (χ0n) is 14.6. The summed E-state index contributed by atoms with van der Waals surface area (Å²) in [5.74, 6) is 0.316. The Bertz CT molecular complexity index is 642. The Labute approximate surface area is 148 Å². The summed E-state index contributed by atoms with van der Waals surface area (Å²) in [4.78, 5) is 27.1. The number of fused-ring (bicyclic) bond motifs is 2. The van der Waals surface area contributed by atoms with Crippen molar-refractivity contribution in [1.29, 1.82) is 0 Å². The lowest BCUT2D eigenvalue weighted by Gasteiger charge is -2.40. The van der Waals surface area contributed by atoms with Crippen molar-refractivity contribution in [1.82, 2.24) is 9.80 Å². The van der Waals surface area contributed by atoms with Gasteiger partial charge in [0.2, 0.25) is 5.91 Å². The highest BCUT2D eigenvalue weighted by molar-refractivity contribution is 5.77. The number of nitro benzene ring substituents is 1. The van der Waals surface area contributed by atoms with E-state index in [-0.39, 0.29) is 10.6 Å². The molecule has 0 aliphatic carbocycles. The van der Waals surface area contributed by atoms with Gasteiger partial charge in [-0.05, 0) is 37.0 Å². The lowest BCUT2D eigenvalue weighted by atomic mass is 10.1. The van der Waals surface area contributed by atoms with Crippen LogP contribution < -0.4 is 0 Å². The van der Waals surface area contributed by atoms with Gasteiger partial charge >= 0.3 is 0 Å². The number of piperazine rings is 1. The first-order valence-electron chi connectivity index (χ1n) is 9.03. The van der Waals surface area contributed by atoms with Crippen molar-refractivity contribution >= 4 is 17.7 Å². The van der Waals surface area contributed by atoms with E-state index in [1.165, 1.54) is 12.1 Å². The van der Waals surface area contributed by atoms with Crippen molar-refractivity contribution in [2.75, 3.05) is 19.6 Å². The fraction of sp³-hybridized carbons (Fsp3) is 0.526. The SMILES string of the molecule is CCCC(=O)N1C2CCC1CN(CC=Cc1ccc([N+](=O)[O-])cc1)C2. The molecule has 6 heteroatoms. The number of non-ortho nitro benzene ring substituents is 1. The van der Waals surface area contributed by atoms with Crippen LogP contribution in [0.25, 0.3) is 6.08 Å². The number of nitro groups is 1. The Kier molecular flexibility index (Phi) is 5.48. The van der Waals surface area contributed by atoms with Gasteiger partial charge in [-0.25, -0.2) is 0 Å². The molecule has 1 aromatic carbocycles. The number of hydrogen-bond acceptors (Lipinski definition) is 4. The molecule has 2 aliphatic rings. The monoisotopic (exact) mass is 343 g/mol. The van der Waals surface area contributed by atoms with Crippen LogP contribution in [0.5, 0.6) is 0 Å². The summed E-state index contributed by atoms with van der Waals surface area (Å²) < 4.78 is 0. The van der Waals surface area contributed by atoms with Crippen LogP contribution in [-0.2, 0) is 4.79 Å². The molecule has 2 unspecified atom stereocenters. The van der Waals surface area contributed by atoms with Gasteiger partial charge in [0.25, 0.3) is 5.69 Å². The van der Waals surface area contributed by atoms with Crippen molar-refractivity contribution in [3.63, 3.8) is 0 Å². The second-order valence-electron chi connectivity index (χ2n) is 6.91. The van der Waals surface area contributed by atoms with Gasteiger partial charge in [-0.2, -0.15) is 0 Å². The first-order valence-corrected chi connectivity index (χ1v) is 9.03. The maximum atomic E-state index is 12.3. The molecule has 2 saturated heterocycles. The Morgan fingerprint density at radius 2 is 1.88 bits per heavy atom. The normalized spacial score (nSPS) is 23.3. The van der Waals surface area contributed by atoms with Crippen LogP contribution in [0, 0.1) is 10.1 Å². The van der Waals surface area contributed by atoms with E-state index in [2.05, 4.69) is 22.8 Å². The fourth-order valence-electron chi connectivity index (χ4n) is 3.93. The fourth-order valence-corrected chi connectivity index (χ4v) is 3.93. The van der Waals surface area contributed by atoms with Gasteiger partial charge < -0.3 is 4.90 Å². The van der Waals surface area contributed by atoms with Crippen LogP contribution in [0.15, 0.2) is 30.3 Å². The molecule has 0 N–H and O–H groups in total. The standard InChI is InChI=1S/C19H25N3O3/c1-2-4-19(23)21-17-10-11-18(21)14-20(13-17)12-3-5-15-6-8-16(9-7-15)22(24)25/h3,5-9,17-18H,2,4,10-14H2,1H3. The lowest BCUT2D eigenvalue weighted by Crippen LogP contribution is -2.55. The number of amides is 1. The quantitative estimate of drug-likeness (QED) is 0.588. The molecule has 2 fully saturated rings. The topological polar surface area (TPSA) is 66.7 Å². The van der Waals surface area contributed by atoms with E-state index >= 15 is 0 Å². The Hall–Kier alpha value is -2.21. The van der Waals surface area contributed by atoms with Gasteiger partial charge in [0, 0.05) is 50.3 Å². The number of carbonyl (C=O) groups is 1. The minimum Gasteiger partial charge on any atom is -0.334 e. The maximum absolute atomic E-state index is 12.3. The van der Waals surface area contributed by atoms with Crippen LogP contribution in [-0.4, -0.2) is 52.3 Å². The largest absolute Gasteiger partial charge is 0.334 e. The summed E-state index contributed by atoms with van der Waals surface area (Å²) in [6.45, 7) is 4.78. The highest BCUT2D eigenvalue weighted by Crippen LogP contribution is 2.30. The van der Waals surface area contributed by atoms with Gasteiger partial charge in [-0.1, -0.05) is 19.1 Å². The minimum atomic E-state index is -0.386. The molecule has 2 aliphatic heterocycles. The lowest BCUT2D eigenvalue weighted by molar-refractivity contribution is -0.384. The molecule has 1 aromatic rings. The molecule has 0 aromatic heterocycles. The number of likely N-dealkylation sites (tertiary alicyclic amines) is 1. The number of carbonyl (C=O) groups excluding carboxylic acids is 1. The van der Waals surface area contributed by atoms with Crippen molar-refractivity contribution in [2.24, 2.45) is 0 Å². The van der Waals surface area contributed by atoms with Crippen molar-refractivity contribution in [2.45, 2.75) is 44.7 Å². The third kappa shape index (κ3) is 4.07. The highest BCUT2D eigenvalue weighted by Gasteiger charge is 2.41. The summed E-state index contributed by atoms with van der Waals surface area (Å²) in [7, 11) is 0. The molecule has 2 heterocycles. The van der Waals surface area contributed by atoms with Crippen LogP contribution in [0.2, 0.25) is 0 Å². The first-order chi connectivity index (χ1) is 12.1. The molecule has 1 amide bonds. The second kappa shape index (κ2) is 7.78. The molecule has 0 radical (unpaired) electrons. The van der Waals surface area contributed by atoms with Gasteiger partial charge in [-0.15, -0.1) is 0 Å². The Morgan fingerprint density at radius 1 is 1.24 bits per heavy atom. The smallest absolute Gasteiger partial charge is 0.269 e. The van der Waals surface area contributed by atoms with Crippen molar-refractivity contribution < 1.29 is 9.72 Å². The van der Waals surface area contributed by atoms with Crippen LogP contribution in [0.1, 0.15) is 38.2 Å². The van der Waals surface area contributed by atoms with E-state index < -0.39 is 0 Å². The average Bonchev–Trinajstić information content (AvgIpc) is 2.86. The zero-order valence-corrected chi connectivity index (χ0v) is 14.6. The molecular formula is C19H25N3O3. The summed E-state index contributed by atoms with van der Waals surface area (Å²) in [5.41, 5.74) is 1.08. The molecule has 0 saturated carbocycles. The van der Waals surface area contributed by atoms with Crippen LogP contribution >= 0.6 is 0 Å². The van der Waals surface area contributed by atoms with E-state index in [0.29, 0.717) is 24.4 Å². The van der Waals surface area contributed by atoms with Crippen LogP contribution in [0.3, 0.4) is 0 Å². The zero-order chi connectivity index (χ0) is 17.8. The van der Waals surface area contributed by atoms with E-state index in [1.54, 1.807) is 12.1 Å². The molecule has 134 valence electrons. The summed E-state index contributed by atoms with van der Waals surface area (Å²) in [6, 6.07) is 7.31. The van der Waals surface area contributed by atoms with E-state index in [0.717, 1.165) is 44.5 Å². The van der Waals surface area contributed by atoms with E-state index in [9.17, 15) is 14.9 Å². The van der Waals surface area contributed by atoms with E-state index in [1.807, 2.05) is 6.08 Å². The number of benzene rings is 1. The first kappa shape index (κ1) is 17.6. The second-order valence-corrected chi connectivity index (χ2v) is 6.91. The van der Waals surface area contributed by atoms with Gasteiger partial charge in [0.1, 0.15) is 0 Å². The number of rotatable bonds is 6. The molecule has 6 nitrogen and oxygen atoms in total. The van der Waals surface area contributed by atoms with Crippen molar-refractivity contribution in [3.8, 4) is 0 Å². The maximum Gasteiger partial charge on any atom is 0.269 e. The molecule has 3 rings (SSSR count). The molecular weight excluding hydrogens is 318 g/mol. The molecule has 2 atom stereocenters. The van der Waals surface area contributed by atoms with E-state index in [4.69, 9.17) is 0 Å². The van der Waals surface area contributed by atoms with Gasteiger partial charge in [0.15, 0.2) is 0 Å².